The molecule has 1 N–H and O–H groups in total. The minimum Gasteiger partial charge on any atom is -0.497 e. The Labute approximate surface area is 75.7 Å². The van der Waals surface area contributed by atoms with Crippen molar-refractivity contribution in [2.24, 2.45) is 0 Å². The number of hydrogen-bond donors (Lipinski definition) is 1. The Hall–Kier alpha value is -1.71. The Kier molecular flexibility index (Phi) is 3.14. The Morgan fingerprint density at radius 1 is 1.69 bits per heavy atom. The molecule has 0 aliphatic carbocycles. The first-order valence-electron chi connectivity index (χ1n) is 3.62. The van der Waals surface area contributed by atoms with Crippen LogP contribution in [0.4, 0.5) is 0 Å². The lowest BCUT2D eigenvalue weighted by atomic mass is 10.3. The van der Waals surface area contributed by atoms with Crippen molar-refractivity contribution in [1.29, 1.82) is 0 Å². The number of carboxylic acid groups (broad SMARTS) is 1. The molecule has 0 saturated carbocycles. The van der Waals surface area contributed by atoms with Gasteiger partial charge in [-0.05, 0) is 12.1 Å². The smallest absolute Gasteiger partial charge is 0.341 e. The number of carbonyl (C=O) groups is 1. The van der Waals surface area contributed by atoms with Crippen molar-refractivity contribution < 1.29 is 19.4 Å². The van der Waals surface area contributed by atoms with E-state index in [9.17, 15) is 4.79 Å². The van der Waals surface area contributed by atoms with Crippen LogP contribution >= 0.6 is 0 Å². The van der Waals surface area contributed by atoms with Crippen molar-refractivity contribution in [2.45, 2.75) is 0 Å². The highest BCUT2D eigenvalue weighted by atomic mass is 16.5. The second-order valence-corrected chi connectivity index (χ2v) is 2.28. The van der Waals surface area contributed by atoms with E-state index in [1.165, 1.54) is 7.11 Å². The summed E-state index contributed by atoms with van der Waals surface area (Å²) in [5.41, 5.74) is 0. The van der Waals surface area contributed by atoms with Gasteiger partial charge in [0.25, 0.3) is 0 Å². The first-order chi connectivity index (χ1) is 6.22. The predicted octanol–water partition coefficient (Wildman–Crippen LogP) is 0.959. The number of ether oxygens (including phenoxy) is 2. The lowest BCUT2D eigenvalue weighted by Crippen LogP contribution is -2.09. The molecule has 0 spiro atoms. The maximum atomic E-state index is 10.2. The van der Waals surface area contributed by atoms with Crippen molar-refractivity contribution in [2.75, 3.05) is 13.7 Å². The van der Waals surface area contributed by atoms with E-state index in [-0.39, 0.29) is 6.61 Å². The molecular weight excluding hydrogens is 172 g/mol. The Morgan fingerprint density at radius 2 is 2.46 bits per heavy atom. The van der Waals surface area contributed by atoms with E-state index in [4.69, 9.17) is 14.6 Å². The number of benzene rings is 1. The summed E-state index contributed by atoms with van der Waals surface area (Å²) in [7, 11) is 1.52. The number of methoxy groups -OCH3 is 1. The molecule has 4 nitrogen and oxygen atoms in total. The van der Waals surface area contributed by atoms with Crippen LogP contribution in [0, 0.1) is 6.07 Å². The van der Waals surface area contributed by atoms with E-state index >= 15 is 0 Å². The summed E-state index contributed by atoms with van der Waals surface area (Å²) >= 11 is 0. The van der Waals surface area contributed by atoms with Crippen LogP contribution in [0.5, 0.6) is 11.5 Å². The fourth-order valence-electron chi connectivity index (χ4n) is 0.775. The van der Waals surface area contributed by atoms with E-state index in [0.29, 0.717) is 11.5 Å². The molecule has 13 heavy (non-hydrogen) atoms. The van der Waals surface area contributed by atoms with E-state index in [1.807, 2.05) is 0 Å². The Morgan fingerprint density at radius 3 is 3.08 bits per heavy atom. The first kappa shape index (κ1) is 9.38. The second-order valence-electron chi connectivity index (χ2n) is 2.28. The number of rotatable bonds is 4. The standard InChI is InChI=1S/C9H9O4/c1-12-7-3-2-4-8(5-7)13-6-9(10)11/h2-3,5H,6H2,1H3,(H,10,11). The lowest BCUT2D eigenvalue weighted by Gasteiger charge is -2.04. The van der Waals surface area contributed by atoms with Crippen molar-refractivity contribution in [3.63, 3.8) is 0 Å². The molecule has 0 aliphatic rings. The average molecular weight is 181 g/mol. The van der Waals surface area contributed by atoms with Gasteiger partial charge in [0, 0.05) is 12.1 Å². The third-order valence-corrected chi connectivity index (χ3v) is 1.33. The van der Waals surface area contributed by atoms with Crippen molar-refractivity contribution >= 4 is 5.97 Å². The van der Waals surface area contributed by atoms with Crippen molar-refractivity contribution in [3.8, 4) is 11.5 Å². The molecular formula is C9H9O4. The maximum absolute atomic E-state index is 10.2. The molecule has 1 radical (unpaired) electrons. The van der Waals surface area contributed by atoms with Crippen molar-refractivity contribution in [1.82, 2.24) is 0 Å². The Bertz CT molecular complexity index is 295. The predicted molar refractivity (Wildman–Crippen MR) is 45.0 cm³/mol. The average Bonchev–Trinajstić information content (AvgIpc) is 2.15. The zero-order chi connectivity index (χ0) is 9.68. The number of hydrogen-bond acceptors (Lipinski definition) is 3. The fourth-order valence-corrected chi connectivity index (χ4v) is 0.775. The Balaban J connectivity index is 2.61. The van der Waals surface area contributed by atoms with Crippen LogP contribution in [0.3, 0.4) is 0 Å². The molecule has 0 unspecified atom stereocenters. The zero-order valence-corrected chi connectivity index (χ0v) is 7.11. The van der Waals surface area contributed by atoms with Crippen LogP contribution in [0.15, 0.2) is 18.2 Å². The van der Waals surface area contributed by atoms with Crippen molar-refractivity contribution in [3.05, 3.63) is 24.3 Å². The largest absolute Gasteiger partial charge is 0.497 e. The normalized spacial score (nSPS) is 9.31. The summed E-state index contributed by atoms with van der Waals surface area (Å²) in [4.78, 5) is 10.2. The van der Waals surface area contributed by atoms with Gasteiger partial charge in [0.2, 0.25) is 0 Å². The van der Waals surface area contributed by atoms with E-state index in [1.54, 1.807) is 18.2 Å². The van der Waals surface area contributed by atoms with Gasteiger partial charge in [-0.25, -0.2) is 4.79 Å². The van der Waals surface area contributed by atoms with Gasteiger partial charge in [-0.1, -0.05) is 0 Å². The quantitative estimate of drug-likeness (QED) is 0.751. The molecule has 1 rings (SSSR count). The molecule has 0 amide bonds. The highest BCUT2D eigenvalue weighted by Gasteiger charge is 2.00. The molecule has 0 heterocycles. The molecule has 0 atom stereocenters. The van der Waals surface area contributed by atoms with Gasteiger partial charge in [-0.3, -0.25) is 0 Å². The number of aliphatic carboxylic acids is 1. The van der Waals surface area contributed by atoms with Crippen LogP contribution < -0.4 is 9.47 Å². The van der Waals surface area contributed by atoms with Gasteiger partial charge in [-0.2, -0.15) is 0 Å². The van der Waals surface area contributed by atoms with Gasteiger partial charge in [-0.15, -0.1) is 0 Å². The summed E-state index contributed by atoms with van der Waals surface area (Å²) in [6.07, 6.45) is 0. The fraction of sp³-hybridized carbons (Fsp3) is 0.222. The highest BCUT2D eigenvalue weighted by molar-refractivity contribution is 5.68. The van der Waals surface area contributed by atoms with Crippen LogP contribution in [-0.4, -0.2) is 24.8 Å². The molecule has 4 heteroatoms. The van der Waals surface area contributed by atoms with Gasteiger partial charge >= 0.3 is 5.97 Å². The topological polar surface area (TPSA) is 55.8 Å². The van der Waals surface area contributed by atoms with Gasteiger partial charge in [0.05, 0.1) is 7.11 Å². The summed E-state index contributed by atoms with van der Waals surface area (Å²) < 4.78 is 9.79. The molecule has 0 aromatic heterocycles. The monoisotopic (exact) mass is 181 g/mol. The maximum Gasteiger partial charge on any atom is 0.341 e. The molecule has 1 aromatic rings. The van der Waals surface area contributed by atoms with Crippen LogP contribution in [0.1, 0.15) is 0 Å². The zero-order valence-electron chi connectivity index (χ0n) is 7.11. The van der Waals surface area contributed by atoms with Gasteiger partial charge in [0.15, 0.2) is 6.61 Å². The summed E-state index contributed by atoms with van der Waals surface area (Å²) in [5.74, 6) is -0.0443. The summed E-state index contributed by atoms with van der Waals surface area (Å²) in [5, 5.41) is 8.33. The van der Waals surface area contributed by atoms with Crippen LogP contribution in [-0.2, 0) is 4.79 Å². The van der Waals surface area contributed by atoms with Crippen LogP contribution in [0.2, 0.25) is 0 Å². The third-order valence-electron chi connectivity index (χ3n) is 1.33. The molecule has 0 bridgehead atoms. The van der Waals surface area contributed by atoms with Gasteiger partial charge < -0.3 is 14.6 Å². The van der Waals surface area contributed by atoms with E-state index in [2.05, 4.69) is 6.07 Å². The summed E-state index contributed by atoms with van der Waals surface area (Å²) in [6.45, 7) is -0.371. The molecule has 69 valence electrons. The second kappa shape index (κ2) is 4.35. The minimum absolute atomic E-state index is 0.363. The molecule has 0 aliphatic heterocycles. The van der Waals surface area contributed by atoms with Crippen LogP contribution in [0.25, 0.3) is 0 Å². The molecule has 0 fully saturated rings. The minimum atomic E-state index is -1.02. The molecule has 1 aromatic carbocycles. The SMILES string of the molecule is COc1cc[c]c(OCC(=O)O)c1. The molecule has 0 saturated heterocycles. The van der Waals surface area contributed by atoms with Gasteiger partial charge in [0.1, 0.15) is 11.5 Å². The van der Waals surface area contributed by atoms with E-state index in [0.717, 1.165) is 0 Å². The number of carboxylic acids is 1. The van der Waals surface area contributed by atoms with E-state index < -0.39 is 5.97 Å². The third kappa shape index (κ3) is 3.02. The summed E-state index contributed by atoms with van der Waals surface area (Å²) in [6, 6.07) is 7.61. The highest BCUT2D eigenvalue weighted by Crippen LogP contribution is 2.17. The lowest BCUT2D eigenvalue weighted by molar-refractivity contribution is -0.139. The first-order valence-corrected chi connectivity index (χ1v) is 3.62.